The van der Waals surface area contributed by atoms with Crippen molar-refractivity contribution in [3.8, 4) is 0 Å². The van der Waals surface area contributed by atoms with Gasteiger partial charge in [0.25, 0.3) is 11.0 Å². The molecule has 0 spiro atoms. The van der Waals surface area contributed by atoms with Crippen LogP contribution in [0, 0.1) is 0 Å². The van der Waals surface area contributed by atoms with E-state index >= 15 is 0 Å². The summed E-state index contributed by atoms with van der Waals surface area (Å²) >= 11 is 0. The normalized spacial score (nSPS) is 10.4. The van der Waals surface area contributed by atoms with Gasteiger partial charge in [0.2, 0.25) is 0 Å². The molecule has 0 unspecified atom stereocenters. The Morgan fingerprint density at radius 3 is 2.30 bits per heavy atom. The zero-order valence-electron chi connectivity index (χ0n) is 5.44. The molecule has 0 radical (unpaired) electrons. The van der Waals surface area contributed by atoms with Gasteiger partial charge in [0, 0.05) is 6.92 Å². The molecule has 0 bridgehead atoms. The van der Waals surface area contributed by atoms with Crippen LogP contribution < -0.4 is 0 Å². The first kappa shape index (κ1) is 9.34. The minimum Gasteiger partial charge on any atom is -0.342 e. The van der Waals surface area contributed by atoms with Gasteiger partial charge in [0.15, 0.2) is 0 Å². The zero-order valence-corrected chi connectivity index (χ0v) is 6.33. The van der Waals surface area contributed by atoms with Crippen LogP contribution in [-0.2, 0) is 24.9 Å². The van der Waals surface area contributed by atoms with E-state index in [2.05, 4.69) is 9.12 Å². The van der Waals surface area contributed by atoms with Crippen molar-refractivity contribution >= 4 is 17.0 Å². The fourth-order valence-electron chi connectivity index (χ4n) is 0.292. The number of rotatable bonds is 3. The number of carbonyl (C=O) groups is 1. The summed E-state index contributed by atoms with van der Waals surface area (Å²) in [6.45, 7) is 1.12. The van der Waals surface area contributed by atoms with E-state index < -0.39 is 17.0 Å². The molecule has 0 heterocycles. The summed E-state index contributed by atoms with van der Waals surface area (Å²) in [4.78, 5) is 14.2. The second-order valence-corrected chi connectivity index (χ2v) is 1.94. The molecule has 0 saturated carbocycles. The van der Waals surface area contributed by atoms with Gasteiger partial charge in [-0.05, 0) is 5.23 Å². The quantitative estimate of drug-likeness (QED) is 0.425. The Morgan fingerprint density at radius 2 is 2.00 bits per heavy atom. The summed E-state index contributed by atoms with van der Waals surface area (Å²) in [5, 5.41) is 0.452. The number of hydroxylamine groups is 2. The maximum absolute atomic E-state index is 10.1. The van der Waals surface area contributed by atoms with Crippen LogP contribution in [0.15, 0.2) is 0 Å². The summed E-state index contributed by atoms with van der Waals surface area (Å²) in [6.07, 6.45) is 0. The molecule has 10 heavy (non-hydrogen) atoms. The molecule has 0 aliphatic rings. The van der Waals surface area contributed by atoms with Crippen LogP contribution in [0.4, 0.5) is 0 Å². The fourth-order valence-corrected chi connectivity index (χ4v) is 0.513. The summed E-state index contributed by atoms with van der Waals surface area (Å²) < 4.78 is 23.5. The van der Waals surface area contributed by atoms with Crippen LogP contribution >= 0.6 is 0 Å². The lowest BCUT2D eigenvalue weighted by molar-refractivity contribution is -0.275. The predicted octanol–water partition coefficient (Wildman–Crippen LogP) is -1.15. The average Bonchev–Trinajstić information content (AvgIpc) is 1.58. The molecule has 0 saturated heterocycles. The van der Waals surface area contributed by atoms with E-state index in [0.29, 0.717) is 5.23 Å². The number of hydrogen-bond donors (Lipinski definition) is 1. The van der Waals surface area contributed by atoms with Crippen molar-refractivity contribution in [1.29, 1.82) is 0 Å². The summed E-state index contributed by atoms with van der Waals surface area (Å²) in [7, 11) is -1.88. The van der Waals surface area contributed by atoms with Crippen LogP contribution in [0.1, 0.15) is 6.92 Å². The zero-order chi connectivity index (χ0) is 8.15. The lowest BCUT2D eigenvalue weighted by Crippen LogP contribution is -2.21. The van der Waals surface area contributed by atoms with E-state index in [4.69, 9.17) is 0 Å². The minimum atomic E-state index is -3.02. The van der Waals surface area contributed by atoms with E-state index in [1.54, 1.807) is 0 Å². The van der Waals surface area contributed by atoms with Gasteiger partial charge in [-0.3, -0.25) is 4.79 Å². The molecule has 0 aliphatic carbocycles. The molecule has 0 amide bonds. The topological polar surface area (TPSA) is 72.9 Å². The number of thiol groups is 1. The Labute approximate surface area is 59.4 Å². The van der Waals surface area contributed by atoms with Crippen molar-refractivity contribution in [2.45, 2.75) is 6.92 Å². The Morgan fingerprint density at radius 1 is 1.50 bits per heavy atom. The summed E-state index contributed by atoms with van der Waals surface area (Å²) in [5.41, 5.74) is 0. The fraction of sp³-hybridized carbons (Fsp3) is 0.667. The molecule has 7 heteroatoms. The molecule has 0 aromatic heterocycles. The second kappa shape index (κ2) is 4.20. The maximum atomic E-state index is 10.1. The van der Waals surface area contributed by atoms with Crippen molar-refractivity contribution in [1.82, 2.24) is 5.23 Å². The SMILES string of the molecule is CC(=O)ON(C)O[SH](=O)=O. The van der Waals surface area contributed by atoms with Crippen LogP contribution in [0.25, 0.3) is 0 Å². The Hall–Kier alpha value is -0.660. The molecule has 0 aliphatic heterocycles. The first-order valence-electron chi connectivity index (χ1n) is 2.27. The van der Waals surface area contributed by atoms with Gasteiger partial charge in [-0.2, -0.15) is 0 Å². The van der Waals surface area contributed by atoms with Crippen molar-refractivity contribution in [3.63, 3.8) is 0 Å². The highest BCUT2D eigenvalue weighted by molar-refractivity contribution is 7.67. The van der Waals surface area contributed by atoms with Gasteiger partial charge >= 0.3 is 5.97 Å². The first-order valence-corrected chi connectivity index (χ1v) is 3.36. The van der Waals surface area contributed by atoms with Crippen molar-refractivity contribution < 1.29 is 22.3 Å². The highest BCUT2D eigenvalue weighted by Crippen LogP contribution is 1.86. The third kappa shape index (κ3) is 5.48. The van der Waals surface area contributed by atoms with Gasteiger partial charge < -0.3 is 4.84 Å². The lowest BCUT2D eigenvalue weighted by Gasteiger charge is -2.08. The minimum absolute atomic E-state index is 0.452. The van der Waals surface area contributed by atoms with Gasteiger partial charge in [0.05, 0.1) is 7.05 Å². The predicted molar refractivity (Wildman–Crippen MR) is 30.9 cm³/mol. The molecule has 0 aromatic carbocycles. The van der Waals surface area contributed by atoms with E-state index in [0.717, 1.165) is 14.0 Å². The standard InChI is InChI=1S/C3H7NO5S/c1-3(5)8-4(2)9-10(6)7/h10H,1-2H3. The van der Waals surface area contributed by atoms with Gasteiger partial charge in [-0.15, -0.1) is 4.28 Å². The van der Waals surface area contributed by atoms with E-state index in [9.17, 15) is 13.2 Å². The molecule has 0 N–H and O–H groups in total. The Bertz CT molecular complexity index is 179. The molecule has 0 aromatic rings. The first-order chi connectivity index (χ1) is 4.52. The third-order valence-electron chi connectivity index (χ3n) is 0.439. The molecule has 60 valence electrons. The lowest BCUT2D eigenvalue weighted by atomic mass is 10.8. The van der Waals surface area contributed by atoms with Crippen molar-refractivity contribution in [2.75, 3.05) is 7.05 Å². The monoisotopic (exact) mass is 169 g/mol. The van der Waals surface area contributed by atoms with Gasteiger partial charge in [-0.1, -0.05) is 0 Å². The van der Waals surface area contributed by atoms with Crippen LogP contribution in [0.3, 0.4) is 0 Å². The van der Waals surface area contributed by atoms with E-state index in [1.807, 2.05) is 0 Å². The van der Waals surface area contributed by atoms with Gasteiger partial charge in [0.1, 0.15) is 0 Å². The maximum Gasteiger partial charge on any atom is 0.325 e. The molecule has 6 nitrogen and oxygen atoms in total. The van der Waals surface area contributed by atoms with Crippen molar-refractivity contribution in [3.05, 3.63) is 0 Å². The van der Waals surface area contributed by atoms with Crippen molar-refractivity contribution in [2.24, 2.45) is 0 Å². The highest BCUT2D eigenvalue weighted by Gasteiger charge is 2.01. The highest BCUT2D eigenvalue weighted by atomic mass is 32.2. The van der Waals surface area contributed by atoms with E-state index in [1.165, 1.54) is 0 Å². The molecular weight excluding hydrogens is 162 g/mol. The third-order valence-corrected chi connectivity index (χ3v) is 0.802. The molecule has 0 atom stereocenters. The molecule has 0 rings (SSSR count). The second-order valence-electron chi connectivity index (χ2n) is 1.33. The summed E-state index contributed by atoms with van der Waals surface area (Å²) in [5.74, 6) is -0.653. The number of nitrogens with zero attached hydrogens (tertiary/aromatic N) is 1. The van der Waals surface area contributed by atoms with Crippen LogP contribution in [-0.4, -0.2) is 26.7 Å². The summed E-state index contributed by atoms with van der Waals surface area (Å²) in [6, 6.07) is 0. The average molecular weight is 169 g/mol. The van der Waals surface area contributed by atoms with E-state index in [-0.39, 0.29) is 0 Å². The number of carbonyl (C=O) groups excluding carboxylic acids is 1. The largest absolute Gasteiger partial charge is 0.342 e. The van der Waals surface area contributed by atoms with Crippen LogP contribution in [0.5, 0.6) is 0 Å². The Kier molecular flexibility index (Phi) is 3.93. The Balaban J connectivity index is 3.63. The van der Waals surface area contributed by atoms with Crippen LogP contribution in [0.2, 0.25) is 0 Å². The smallest absolute Gasteiger partial charge is 0.325 e. The molecular formula is C3H7NO5S. The molecule has 0 fully saturated rings. The van der Waals surface area contributed by atoms with Gasteiger partial charge in [-0.25, -0.2) is 8.42 Å². The number of hydrogen-bond acceptors (Lipinski definition) is 6.